The molecule has 2 heterocycles. The van der Waals surface area contributed by atoms with Crippen molar-refractivity contribution in [3.05, 3.63) is 34.8 Å². The molecule has 1 saturated carbocycles. The third-order valence-electron chi connectivity index (χ3n) is 6.29. The first kappa shape index (κ1) is 19.2. The highest BCUT2D eigenvalue weighted by Gasteiger charge is 2.29. The maximum atomic E-state index is 12.4. The van der Waals surface area contributed by atoms with Crippen LogP contribution < -0.4 is 11.1 Å². The molecule has 152 valence electrons. The summed E-state index contributed by atoms with van der Waals surface area (Å²) >= 11 is 0. The highest BCUT2D eigenvalue weighted by atomic mass is 16.4. The molecule has 6 nitrogen and oxygen atoms in total. The Kier molecular flexibility index (Phi) is 6.15. The van der Waals surface area contributed by atoms with Gasteiger partial charge in [0.1, 0.15) is 0 Å². The second kappa shape index (κ2) is 8.95. The zero-order valence-corrected chi connectivity index (χ0v) is 16.6. The van der Waals surface area contributed by atoms with E-state index < -0.39 is 0 Å². The number of nitrogens with zero attached hydrogens (tertiary/aromatic N) is 2. The van der Waals surface area contributed by atoms with Crippen LogP contribution in [0, 0.1) is 0 Å². The van der Waals surface area contributed by atoms with Crippen LogP contribution in [0.25, 0.3) is 11.1 Å². The van der Waals surface area contributed by atoms with Crippen molar-refractivity contribution in [1.29, 1.82) is 0 Å². The lowest BCUT2D eigenvalue weighted by Gasteiger charge is -2.26. The van der Waals surface area contributed by atoms with Crippen molar-refractivity contribution in [3.8, 4) is 0 Å². The van der Waals surface area contributed by atoms with Crippen LogP contribution in [0.1, 0.15) is 57.8 Å². The Bertz CT molecular complexity index is 848. The van der Waals surface area contributed by atoms with Crippen molar-refractivity contribution in [2.45, 2.75) is 76.4 Å². The Labute approximate surface area is 165 Å². The molecule has 2 aromatic rings. The molecule has 0 radical (unpaired) electrons. The zero-order chi connectivity index (χ0) is 19.3. The van der Waals surface area contributed by atoms with E-state index in [-0.39, 0.29) is 17.7 Å². The van der Waals surface area contributed by atoms with Crippen LogP contribution in [-0.2, 0) is 11.3 Å². The maximum absolute atomic E-state index is 12.4. The SMILES string of the molecule is O=C(CCCn1c(=O)oc2ccccc21)NC1CCN(C2CCCCCC2)C1. The number of hydrogen-bond donors (Lipinski definition) is 1. The number of benzene rings is 1. The zero-order valence-electron chi connectivity index (χ0n) is 16.6. The van der Waals surface area contributed by atoms with Gasteiger partial charge in [-0.05, 0) is 37.8 Å². The predicted octanol–water partition coefficient (Wildman–Crippen LogP) is 3.29. The summed E-state index contributed by atoms with van der Waals surface area (Å²) < 4.78 is 6.86. The van der Waals surface area contributed by atoms with Gasteiger partial charge in [0.2, 0.25) is 5.91 Å². The first-order valence-electron chi connectivity index (χ1n) is 10.8. The van der Waals surface area contributed by atoms with E-state index in [2.05, 4.69) is 10.2 Å². The Morgan fingerprint density at radius 2 is 1.89 bits per heavy atom. The van der Waals surface area contributed by atoms with Gasteiger partial charge in [-0.25, -0.2) is 4.79 Å². The molecule has 1 atom stereocenters. The second-order valence-corrected chi connectivity index (χ2v) is 8.28. The molecule has 28 heavy (non-hydrogen) atoms. The summed E-state index contributed by atoms with van der Waals surface area (Å²) in [5.74, 6) is -0.259. The fourth-order valence-electron chi connectivity index (χ4n) is 4.78. The van der Waals surface area contributed by atoms with Gasteiger partial charge < -0.3 is 9.73 Å². The number of fused-ring (bicyclic) bond motifs is 1. The number of aryl methyl sites for hydroxylation is 1. The molecule has 0 bridgehead atoms. The molecule has 4 rings (SSSR count). The van der Waals surface area contributed by atoms with Crippen molar-refractivity contribution in [3.63, 3.8) is 0 Å². The Morgan fingerprint density at radius 3 is 2.71 bits per heavy atom. The number of carbonyl (C=O) groups is 1. The number of oxazole rings is 1. The van der Waals surface area contributed by atoms with Gasteiger partial charge in [-0.15, -0.1) is 0 Å². The van der Waals surface area contributed by atoms with Gasteiger partial charge in [-0.3, -0.25) is 14.3 Å². The van der Waals surface area contributed by atoms with Crippen molar-refractivity contribution in [2.24, 2.45) is 0 Å². The quantitative estimate of drug-likeness (QED) is 0.775. The molecule has 1 amide bonds. The minimum absolute atomic E-state index is 0.0913. The molecule has 2 aliphatic rings. The van der Waals surface area contributed by atoms with Crippen molar-refractivity contribution >= 4 is 17.0 Å². The first-order valence-corrected chi connectivity index (χ1v) is 10.8. The van der Waals surface area contributed by atoms with Gasteiger partial charge in [0.15, 0.2) is 5.58 Å². The molecule has 1 saturated heterocycles. The lowest BCUT2D eigenvalue weighted by atomic mass is 10.1. The van der Waals surface area contributed by atoms with Gasteiger partial charge in [0.25, 0.3) is 0 Å². The van der Waals surface area contributed by atoms with E-state index >= 15 is 0 Å². The minimum atomic E-state index is -0.351. The first-order chi connectivity index (χ1) is 13.7. The maximum Gasteiger partial charge on any atom is 0.419 e. The molecule has 0 spiro atoms. The van der Waals surface area contributed by atoms with E-state index in [4.69, 9.17) is 4.42 Å². The number of hydrogen-bond acceptors (Lipinski definition) is 4. The fraction of sp³-hybridized carbons (Fsp3) is 0.636. The normalized spacial score (nSPS) is 21.8. The monoisotopic (exact) mass is 385 g/mol. The molecule has 1 aliphatic carbocycles. The number of nitrogens with one attached hydrogen (secondary N) is 1. The van der Waals surface area contributed by atoms with Crippen LogP contribution in [0.4, 0.5) is 0 Å². The second-order valence-electron chi connectivity index (χ2n) is 8.28. The van der Waals surface area contributed by atoms with Crippen LogP contribution in [0.5, 0.6) is 0 Å². The summed E-state index contributed by atoms with van der Waals surface area (Å²) in [6.45, 7) is 2.59. The summed E-state index contributed by atoms with van der Waals surface area (Å²) in [4.78, 5) is 27.0. The van der Waals surface area contributed by atoms with E-state index in [1.165, 1.54) is 38.5 Å². The summed E-state index contributed by atoms with van der Waals surface area (Å²) in [5.41, 5.74) is 1.39. The molecule has 1 aromatic carbocycles. The van der Waals surface area contributed by atoms with Crippen molar-refractivity contribution in [1.82, 2.24) is 14.8 Å². The highest BCUT2D eigenvalue weighted by Crippen LogP contribution is 2.25. The molecule has 1 unspecified atom stereocenters. The average Bonchev–Trinajstić information content (AvgIpc) is 3.15. The summed E-state index contributed by atoms with van der Waals surface area (Å²) in [6, 6.07) is 8.39. The van der Waals surface area contributed by atoms with E-state index in [1.54, 1.807) is 10.6 Å². The standard InChI is InChI=1S/C22H31N3O3/c26-21(12-7-14-25-19-10-5-6-11-20(19)28-22(25)27)23-17-13-15-24(16-17)18-8-3-1-2-4-9-18/h5-6,10-11,17-18H,1-4,7-9,12-16H2,(H,23,26). The third-order valence-corrected chi connectivity index (χ3v) is 6.29. The summed E-state index contributed by atoms with van der Waals surface area (Å²) in [6.07, 6.45) is 10.2. The van der Waals surface area contributed by atoms with Crippen LogP contribution in [-0.4, -0.2) is 40.5 Å². The van der Waals surface area contributed by atoms with Gasteiger partial charge in [0.05, 0.1) is 5.52 Å². The van der Waals surface area contributed by atoms with E-state index in [1.807, 2.05) is 18.2 Å². The lowest BCUT2D eigenvalue weighted by Crippen LogP contribution is -2.39. The van der Waals surface area contributed by atoms with Gasteiger partial charge >= 0.3 is 5.76 Å². The Balaban J connectivity index is 1.23. The van der Waals surface area contributed by atoms with E-state index in [9.17, 15) is 9.59 Å². The van der Waals surface area contributed by atoms with Gasteiger partial charge in [-0.1, -0.05) is 37.8 Å². The number of para-hydroxylation sites is 2. The summed E-state index contributed by atoms with van der Waals surface area (Å²) in [7, 11) is 0. The number of likely N-dealkylation sites (tertiary alicyclic amines) is 1. The number of rotatable bonds is 6. The topological polar surface area (TPSA) is 67.5 Å². The van der Waals surface area contributed by atoms with Gasteiger partial charge in [0, 0.05) is 38.1 Å². The highest BCUT2D eigenvalue weighted by molar-refractivity contribution is 5.76. The van der Waals surface area contributed by atoms with Crippen LogP contribution >= 0.6 is 0 Å². The summed E-state index contributed by atoms with van der Waals surface area (Å²) in [5, 5.41) is 3.20. The van der Waals surface area contributed by atoms with E-state index in [0.29, 0.717) is 31.0 Å². The molecule has 1 aliphatic heterocycles. The molecule has 1 aromatic heterocycles. The molecular weight excluding hydrogens is 354 g/mol. The van der Waals surface area contributed by atoms with Crippen molar-refractivity contribution < 1.29 is 9.21 Å². The Hall–Kier alpha value is -2.08. The van der Waals surface area contributed by atoms with Crippen LogP contribution in [0.2, 0.25) is 0 Å². The average molecular weight is 386 g/mol. The lowest BCUT2D eigenvalue weighted by molar-refractivity contribution is -0.121. The number of aromatic nitrogens is 1. The fourth-order valence-corrected chi connectivity index (χ4v) is 4.78. The molecule has 6 heteroatoms. The van der Waals surface area contributed by atoms with E-state index in [0.717, 1.165) is 25.0 Å². The minimum Gasteiger partial charge on any atom is -0.408 e. The molecule has 2 fully saturated rings. The van der Waals surface area contributed by atoms with Crippen molar-refractivity contribution in [2.75, 3.05) is 13.1 Å². The largest absolute Gasteiger partial charge is 0.419 e. The molecule has 1 N–H and O–H groups in total. The van der Waals surface area contributed by atoms with Gasteiger partial charge in [-0.2, -0.15) is 0 Å². The number of carbonyl (C=O) groups excluding carboxylic acids is 1. The van der Waals surface area contributed by atoms with Crippen LogP contribution in [0.3, 0.4) is 0 Å². The third kappa shape index (κ3) is 4.49. The number of amides is 1. The molecular formula is C22H31N3O3. The predicted molar refractivity (Wildman–Crippen MR) is 109 cm³/mol. The smallest absolute Gasteiger partial charge is 0.408 e. The van der Waals surface area contributed by atoms with Crippen LogP contribution in [0.15, 0.2) is 33.5 Å². The Morgan fingerprint density at radius 1 is 1.11 bits per heavy atom.